The molecule has 0 saturated carbocycles. The van der Waals surface area contributed by atoms with Crippen LogP contribution in [0.25, 0.3) is 0 Å². The van der Waals surface area contributed by atoms with Gasteiger partial charge < -0.3 is 4.74 Å². The number of ketones is 1. The van der Waals surface area contributed by atoms with E-state index in [0.717, 1.165) is 5.56 Å². The Hall–Kier alpha value is -1.58. The third kappa shape index (κ3) is 3.95. The van der Waals surface area contributed by atoms with Gasteiger partial charge in [0.05, 0.1) is 10.0 Å². The number of para-hydroxylation sites is 1. The SMILES string of the molecule is O=C(COc1c(Cl)cccc1Cl)Cc1ccc(F)cc1. The summed E-state index contributed by atoms with van der Waals surface area (Å²) in [6, 6.07) is 10.7. The van der Waals surface area contributed by atoms with Crippen LogP contribution in [0.2, 0.25) is 10.0 Å². The fourth-order valence-corrected chi connectivity index (χ4v) is 2.16. The zero-order chi connectivity index (χ0) is 14.5. The van der Waals surface area contributed by atoms with Crippen molar-refractivity contribution < 1.29 is 13.9 Å². The van der Waals surface area contributed by atoms with Crippen molar-refractivity contribution in [3.63, 3.8) is 0 Å². The molecule has 0 atom stereocenters. The summed E-state index contributed by atoms with van der Waals surface area (Å²) in [7, 11) is 0. The maximum absolute atomic E-state index is 12.7. The molecule has 0 saturated heterocycles. The molecule has 104 valence electrons. The zero-order valence-electron chi connectivity index (χ0n) is 10.4. The van der Waals surface area contributed by atoms with Crippen LogP contribution in [0.5, 0.6) is 5.75 Å². The van der Waals surface area contributed by atoms with Crippen molar-refractivity contribution in [3.05, 3.63) is 63.9 Å². The van der Waals surface area contributed by atoms with Gasteiger partial charge in [-0.2, -0.15) is 0 Å². The van der Waals surface area contributed by atoms with Crippen molar-refractivity contribution in [1.29, 1.82) is 0 Å². The first kappa shape index (κ1) is 14.8. The van der Waals surface area contributed by atoms with E-state index in [4.69, 9.17) is 27.9 Å². The second-order valence-electron chi connectivity index (χ2n) is 4.18. The molecule has 0 aliphatic carbocycles. The van der Waals surface area contributed by atoms with E-state index in [1.165, 1.54) is 12.1 Å². The van der Waals surface area contributed by atoms with Gasteiger partial charge in [-0.3, -0.25) is 4.79 Å². The van der Waals surface area contributed by atoms with Crippen LogP contribution in [0.1, 0.15) is 5.56 Å². The lowest BCUT2D eigenvalue weighted by Crippen LogP contribution is -2.14. The van der Waals surface area contributed by atoms with Crippen LogP contribution in [0.3, 0.4) is 0 Å². The summed E-state index contributed by atoms with van der Waals surface area (Å²) in [4.78, 5) is 11.8. The Morgan fingerprint density at radius 3 is 2.25 bits per heavy atom. The normalized spacial score (nSPS) is 10.3. The van der Waals surface area contributed by atoms with E-state index in [0.29, 0.717) is 15.8 Å². The molecule has 0 radical (unpaired) electrons. The Morgan fingerprint density at radius 1 is 1.05 bits per heavy atom. The molecule has 0 aromatic heterocycles. The highest BCUT2D eigenvalue weighted by molar-refractivity contribution is 6.37. The minimum atomic E-state index is -0.333. The van der Waals surface area contributed by atoms with Gasteiger partial charge in [-0.1, -0.05) is 41.4 Å². The van der Waals surface area contributed by atoms with Gasteiger partial charge in [0.15, 0.2) is 11.5 Å². The van der Waals surface area contributed by atoms with Crippen LogP contribution in [0.4, 0.5) is 4.39 Å². The van der Waals surface area contributed by atoms with Crippen molar-refractivity contribution >= 4 is 29.0 Å². The molecule has 0 amide bonds. The molecule has 0 unspecified atom stereocenters. The van der Waals surface area contributed by atoms with Gasteiger partial charge in [0.1, 0.15) is 12.4 Å². The van der Waals surface area contributed by atoms with E-state index in [2.05, 4.69) is 0 Å². The molecule has 5 heteroatoms. The number of benzene rings is 2. The minimum Gasteiger partial charge on any atom is -0.483 e. The number of rotatable bonds is 5. The van der Waals surface area contributed by atoms with Crippen molar-refractivity contribution in [2.24, 2.45) is 0 Å². The predicted molar refractivity (Wildman–Crippen MR) is 77.1 cm³/mol. The molecule has 0 bridgehead atoms. The number of halogens is 3. The number of ether oxygens (including phenoxy) is 1. The molecular weight excluding hydrogens is 302 g/mol. The molecule has 0 N–H and O–H groups in total. The standard InChI is InChI=1S/C15H11Cl2FO2/c16-13-2-1-3-14(17)15(13)20-9-12(19)8-10-4-6-11(18)7-5-10/h1-7H,8-9H2. The van der Waals surface area contributed by atoms with Gasteiger partial charge in [0.2, 0.25) is 0 Å². The van der Waals surface area contributed by atoms with Crippen molar-refractivity contribution in [1.82, 2.24) is 0 Å². The first-order valence-corrected chi connectivity index (χ1v) is 6.65. The van der Waals surface area contributed by atoms with Crippen molar-refractivity contribution in [3.8, 4) is 5.75 Å². The average molecular weight is 313 g/mol. The van der Waals surface area contributed by atoms with E-state index >= 15 is 0 Å². The molecule has 0 heterocycles. The first-order chi connectivity index (χ1) is 9.56. The van der Waals surface area contributed by atoms with Gasteiger partial charge in [-0.15, -0.1) is 0 Å². The minimum absolute atomic E-state index is 0.138. The van der Waals surface area contributed by atoms with Crippen LogP contribution < -0.4 is 4.74 Å². The Balaban J connectivity index is 1.94. The summed E-state index contributed by atoms with van der Waals surface area (Å²) in [5, 5.41) is 0.708. The van der Waals surface area contributed by atoms with Crippen molar-refractivity contribution in [2.75, 3.05) is 6.61 Å². The number of hydrogen-bond donors (Lipinski definition) is 0. The van der Waals surface area contributed by atoms with Gasteiger partial charge >= 0.3 is 0 Å². The van der Waals surface area contributed by atoms with Crippen LogP contribution in [0, 0.1) is 5.82 Å². The Bertz CT molecular complexity index is 592. The molecule has 0 aliphatic rings. The Morgan fingerprint density at radius 2 is 1.65 bits per heavy atom. The van der Waals surface area contributed by atoms with Gasteiger partial charge in [0.25, 0.3) is 0 Å². The molecule has 2 rings (SSSR count). The lowest BCUT2D eigenvalue weighted by atomic mass is 10.1. The second-order valence-corrected chi connectivity index (χ2v) is 5.00. The average Bonchev–Trinajstić information content (AvgIpc) is 2.41. The highest BCUT2D eigenvalue weighted by atomic mass is 35.5. The molecular formula is C15H11Cl2FO2. The highest BCUT2D eigenvalue weighted by Gasteiger charge is 2.10. The third-order valence-corrected chi connectivity index (χ3v) is 3.21. The molecule has 20 heavy (non-hydrogen) atoms. The number of carbonyl (C=O) groups excluding carboxylic acids is 1. The smallest absolute Gasteiger partial charge is 0.174 e. The van der Waals surface area contributed by atoms with E-state index in [1.54, 1.807) is 30.3 Å². The Kier molecular flexibility index (Phi) is 4.99. The van der Waals surface area contributed by atoms with Crippen LogP contribution in [0.15, 0.2) is 42.5 Å². The van der Waals surface area contributed by atoms with E-state index in [1.807, 2.05) is 0 Å². The monoisotopic (exact) mass is 312 g/mol. The number of hydrogen-bond acceptors (Lipinski definition) is 2. The van der Waals surface area contributed by atoms with Crippen molar-refractivity contribution in [2.45, 2.75) is 6.42 Å². The molecule has 0 fully saturated rings. The van der Waals surface area contributed by atoms with Crippen LogP contribution in [-0.4, -0.2) is 12.4 Å². The molecule has 0 spiro atoms. The Labute approximate surface area is 126 Å². The van der Waals surface area contributed by atoms with Crippen LogP contribution >= 0.6 is 23.2 Å². The topological polar surface area (TPSA) is 26.3 Å². The zero-order valence-corrected chi connectivity index (χ0v) is 11.9. The number of carbonyl (C=O) groups is 1. The quantitative estimate of drug-likeness (QED) is 0.821. The number of Topliss-reactive ketones (excluding diaryl/α,β-unsaturated/α-hetero) is 1. The lowest BCUT2D eigenvalue weighted by molar-refractivity contribution is -0.120. The molecule has 2 aromatic carbocycles. The van der Waals surface area contributed by atoms with Crippen LogP contribution in [-0.2, 0) is 11.2 Å². The van der Waals surface area contributed by atoms with E-state index < -0.39 is 0 Å². The summed E-state index contributed by atoms with van der Waals surface area (Å²) in [5.41, 5.74) is 0.727. The first-order valence-electron chi connectivity index (χ1n) is 5.89. The summed E-state index contributed by atoms with van der Waals surface area (Å²) >= 11 is 11.9. The molecule has 2 nitrogen and oxygen atoms in total. The fraction of sp³-hybridized carbons (Fsp3) is 0.133. The van der Waals surface area contributed by atoms with E-state index in [-0.39, 0.29) is 24.6 Å². The summed E-state index contributed by atoms with van der Waals surface area (Å²) < 4.78 is 18.1. The maximum atomic E-state index is 12.7. The van der Waals surface area contributed by atoms with E-state index in [9.17, 15) is 9.18 Å². The van der Waals surface area contributed by atoms with Gasteiger partial charge in [-0.05, 0) is 29.8 Å². The summed E-state index contributed by atoms with van der Waals surface area (Å²) in [6.45, 7) is -0.138. The predicted octanol–water partition coefficient (Wildman–Crippen LogP) is 4.32. The van der Waals surface area contributed by atoms with Gasteiger partial charge in [-0.25, -0.2) is 4.39 Å². The lowest BCUT2D eigenvalue weighted by Gasteiger charge is -2.09. The highest BCUT2D eigenvalue weighted by Crippen LogP contribution is 2.32. The second kappa shape index (κ2) is 6.73. The summed E-state index contributed by atoms with van der Waals surface area (Å²) in [5.74, 6) is -0.184. The maximum Gasteiger partial charge on any atom is 0.174 e. The fourth-order valence-electron chi connectivity index (χ4n) is 1.65. The van der Waals surface area contributed by atoms with Gasteiger partial charge in [0, 0.05) is 6.42 Å². The largest absolute Gasteiger partial charge is 0.483 e. The third-order valence-electron chi connectivity index (χ3n) is 2.61. The summed E-state index contributed by atoms with van der Waals surface area (Å²) in [6.07, 6.45) is 0.169. The molecule has 2 aromatic rings. The molecule has 0 aliphatic heterocycles.